The van der Waals surface area contributed by atoms with Crippen molar-refractivity contribution < 1.29 is 27.5 Å². The van der Waals surface area contributed by atoms with E-state index in [1.165, 1.54) is 23.3 Å². The molecule has 1 N–H and O–H groups in total. The average molecular weight is 440 g/mol. The molecular formula is C24H22F2N2O4. The van der Waals surface area contributed by atoms with Crippen LogP contribution in [-0.4, -0.2) is 35.9 Å². The highest BCUT2D eigenvalue weighted by atomic mass is 19.3. The van der Waals surface area contributed by atoms with Gasteiger partial charge in [-0.1, -0.05) is 30.3 Å². The van der Waals surface area contributed by atoms with E-state index in [0.29, 0.717) is 37.1 Å². The molecule has 0 spiro atoms. The lowest BCUT2D eigenvalue weighted by molar-refractivity contribution is -0.119. The number of ether oxygens (including phenoxy) is 1. The van der Waals surface area contributed by atoms with Crippen LogP contribution in [0.15, 0.2) is 71.3 Å². The van der Waals surface area contributed by atoms with E-state index in [9.17, 15) is 18.4 Å². The largest absolute Gasteiger partial charge is 0.459 e. The summed E-state index contributed by atoms with van der Waals surface area (Å²) >= 11 is 0. The number of carbonyl (C=O) groups excluding carboxylic acids is 2. The molecule has 0 bridgehead atoms. The molecule has 4 rings (SSSR count). The van der Waals surface area contributed by atoms with Crippen LogP contribution in [0.4, 0.5) is 14.5 Å². The van der Waals surface area contributed by atoms with Gasteiger partial charge in [0.2, 0.25) is 5.91 Å². The number of furan rings is 1. The van der Waals surface area contributed by atoms with Crippen LogP contribution in [0.1, 0.15) is 34.5 Å². The standard InChI is InChI=1S/C24H22F2N2O4/c25-24(26)32-20-11-10-18(15-17(20)14-16-6-2-1-3-7-16)27-22(29)19-8-4-12-28(19)23(30)21-9-5-13-31-21/h1-3,5-7,9-11,13,15,19,24H,4,8,12,14H2,(H,27,29). The first-order chi connectivity index (χ1) is 15.5. The average Bonchev–Trinajstić information content (AvgIpc) is 3.48. The van der Waals surface area contributed by atoms with Gasteiger partial charge in [0.05, 0.1) is 6.26 Å². The Kier molecular flexibility index (Phi) is 6.49. The van der Waals surface area contributed by atoms with E-state index in [0.717, 1.165) is 5.56 Å². The molecule has 166 valence electrons. The Bertz CT molecular complexity index is 1070. The zero-order chi connectivity index (χ0) is 22.5. The Morgan fingerprint density at radius 1 is 1.12 bits per heavy atom. The summed E-state index contributed by atoms with van der Waals surface area (Å²) in [6.07, 6.45) is 3.00. The number of anilines is 1. The second-order valence-corrected chi connectivity index (χ2v) is 7.49. The van der Waals surface area contributed by atoms with Crippen molar-refractivity contribution in [3.63, 3.8) is 0 Å². The van der Waals surface area contributed by atoms with Gasteiger partial charge in [0.1, 0.15) is 11.8 Å². The SMILES string of the molecule is O=C(Nc1ccc(OC(F)F)c(Cc2ccccc2)c1)C1CCCN1C(=O)c1ccco1. The Morgan fingerprint density at radius 2 is 1.94 bits per heavy atom. The van der Waals surface area contributed by atoms with Crippen molar-refractivity contribution in [2.45, 2.75) is 31.9 Å². The van der Waals surface area contributed by atoms with Gasteiger partial charge in [0, 0.05) is 24.2 Å². The minimum atomic E-state index is -2.95. The van der Waals surface area contributed by atoms with Crippen LogP contribution >= 0.6 is 0 Å². The Labute approximate surface area is 183 Å². The molecule has 1 unspecified atom stereocenters. The summed E-state index contributed by atoms with van der Waals surface area (Å²) in [6, 6.07) is 16.5. The van der Waals surface area contributed by atoms with Crippen LogP contribution in [-0.2, 0) is 11.2 Å². The van der Waals surface area contributed by atoms with Crippen LogP contribution in [0.2, 0.25) is 0 Å². The summed E-state index contributed by atoms with van der Waals surface area (Å²) < 4.78 is 35.5. The molecule has 1 atom stereocenters. The number of nitrogens with one attached hydrogen (secondary N) is 1. The van der Waals surface area contributed by atoms with Crippen LogP contribution < -0.4 is 10.1 Å². The summed E-state index contributed by atoms with van der Waals surface area (Å²) in [7, 11) is 0. The summed E-state index contributed by atoms with van der Waals surface area (Å²) in [6.45, 7) is -2.50. The van der Waals surface area contributed by atoms with Gasteiger partial charge in [0.15, 0.2) is 5.76 Å². The quantitative estimate of drug-likeness (QED) is 0.577. The number of amides is 2. The number of benzene rings is 2. The van der Waals surface area contributed by atoms with Crippen LogP contribution in [0.3, 0.4) is 0 Å². The lowest BCUT2D eigenvalue weighted by Gasteiger charge is -2.23. The number of rotatable bonds is 7. The van der Waals surface area contributed by atoms with Crippen LogP contribution in [0, 0.1) is 0 Å². The van der Waals surface area contributed by atoms with Crippen molar-refractivity contribution in [3.8, 4) is 5.75 Å². The molecule has 1 saturated heterocycles. The summed E-state index contributed by atoms with van der Waals surface area (Å²) in [5.41, 5.74) is 1.88. The van der Waals surface area contributed by atoms with Gasteiger partial charge in [-0.3, -0.25) is 9.59 Å². The van der Waals surface area contributed by atoms with Crippen molar-refractivity contribution in [3.05, 3.63) is 83.8 Å². The highest BCUT2D eigenvalue weighted by Crippen LogP contribution is 2.28. The summed E-state index contributed by atoms with van der Waals surface area (Å²) in [5.74, 6) is -0.436. The zero-order valence-corrected chi connectivity index (χ0v) is 17.2. The lowest BCUT2D eigenvalue weighted by Crippen LogP contribution is -2.43. The molecule has 2 heterocycles. The van der Waals surface area contributed by atoms with E-state index in [1.54, 1.807) is 18.2 Å². The first kappa shape index (κ1) is 21.5. The molecule has 1 aliphatic rings. The summed E-state index contributed by atoms with van der Waals surface area (Å²) in [5, 5.41) is 2.81. The van der Waals surface area contributed by atoms with Gasteiger partial charge in [0.25, 0.3) is 5.91 Å². The van der Waals surface area contributed by atoms with Gasteiger partial charge >= 0.3 is 6.61 Å². The van der Waals surface area contributed by atoms with Crippen molar-refractivity contribution in [2.24, 2.45) is 0 Å². The normalized spacial score (nSPS) is 15.7. The van der Waals surface area contributed by atoms with E-state index < -0.39 is 12.7 Å². The van der Waals surface area contributed by atoms with Crippen molar-refractivity contribution in [1.82, 2.24) is 4.90 Å². The second kappa shape index (κ2) is 9.64. The topological polar surface area (TPSA) is 71.8 Å². The smallest absolute Gasteiger partial charge is 0.387 e. The highest BCUT2D eigenvalue weighted by molar-refractivity contribution is 6.00. The maximum absolute atomic E-state index is 12.9. The fourth-order valence-electron chi connectivity index (χ4n) is 3.87. The number of hydrogen-bond acceptors (Lipinski definition) is 4. The van der Waals surface area contributed by atoms with Gasteiger partial charge in [-0.25, -0.2) is 0 Å². The molecule has 1 fully saturated rings. The van der Waals surface area contributed by atoms with E-state index >= 15 is 0 Å². The maximum Gasteiger partial charge on any atom is 0.387 e. The number of alkyl halides is 2. The molecule has 0 saturated carbocycles. The molecule has 3 aromatic rings. The molecule has 2 aromatic carbocycles. The number of likely N-dealkylation sites (tertiary alicyclic amines) is 1. The van der Waals surface area contributed by atoms with E-state index in [1.807, 2.05) is 30.3 Å². The highest BCUT2D eigenvalue weighted by Gasteiger charge is 2.35. The number of hydrogen-bond donors (Lipinski definition) is 1. The summed E-state index contributed by atoms with van der Waals surface area (Å²) in [4.78, 5) is 27.1. The Balaban J connectivity index is 1.52. The molecule has 8 heteroatoms. The van der Waals surface area contributed by atoms with Crippen molar-refractivity contribution in [1.29, 1.82) is 0 Å². The number of halogens is 2. The monoisotopic (exact) mass is 440 g/mol. The molecule has 1 aromatic heterocycles. The minimum Gasteiger partial charge on any atom is -0.459 e. The predicted molar refractivity (Wildman–Crippen MR) is 114 cm³/mol. The van der Waals surface area contributed by atoms with Gasteiger partial charge < -0.3 is 19.4 Å². The predicted octanol–water partition coefficient (Wildman–Crippen LogP) is 4.72. The second-order valence-electron chi connectivity index (χ2n) is 7.49. The fraction of sp³-hybridized carbons (Fsp3) is 0.250. The van der Waals surface area contributed by atoms with E-state index in [4.69, 9.17) is 4.42 Å². The fourth-order valence-corrected chi connectivity index (χ4v) is 3.87. The first-order valence-electron chi connectivity index (χ1n) is 10.3. The Hall–Kier alpha value is -3.68. The van der Waals surface area contributed by atoms with Crippen molar-refractivity contribution >= 4 is 17.5 Å². The van der Waals surface area contributed by atoms with E-state index in [2.05, 4.69) is 10.1 Å². The zero-order valence-electron chi connectivity index (χ0n) is 17.2. The molecule has 32 heavy (non-hydrogen) atoms. The third-order valence-electron chi connectivity index (χ3n) is 5.33. The third-order valence-corrected chi connectivity index (χ3v) is 5.33. The van der Waals surface area contributed by atoms with E-state index in [-0.39, 0.29) is 23.3 Å². The van der Waals surface area contributed by atoms with Crippen LogP contribution in [0.25, 0.3) is 0 Å². The Morgan fingerprint density at radius 3 is 2.66 bits per heavy atom. The number of carbonyl (C=O) groups is 2. The molecule has 2 amide bonds. The third kappa shape index (κ3) is 4.96. The van der Waals surface area contributed by atoms with Gasteiger partial charge in [-0.05, 0) is 48.7 Å². The van der Waals surface area contributed by atoms with Crippen LogP contribution in [0.5, 0.6) is 5.75 Å². The van der Waals surface area contributed by atoms with Gasteiger partial charge in [-0.15, -0.1) is 0 Å². The lowest BCUT2D eigenvalue weighted by atomic mass is 10.0. The molecular weight excluding hydrogens is 418 g/mol. The maximum atomic E-state index is 12.9. The number of nitrogens with zero attached hydrogens (tertiary/aromatic N) is 1. The molecule has 0 aliphatic carbocycles. The molecule has 0 radical (unpaired) electrons. The molecule has 6 nitrogen and oxygen atoms in total. The minimum absolute atomic E-state index is 0.0531. The first-order valence-corrected chi connectivity index (χ1v) is 10.3. The molecule has 1 aliphatic heterocycles. The van der Waals surface area contributed by atoms with Crippen molar-refractivity contribution in [2.75, 3.05) is 11.9 Å². The van der Waals surface area contributed by atoms with Gasteiger partial charge in [-0.2, -0.15) is 8.78 Å².